The molecule has 0 saturated carbocycles. The molecule has 0 atom stereocenters. The highest BCUT2D eigenvalue weighted by molar-refractivity contribution is 7.91. The van der Waals surface area contributed by atoms with Crippen molar-refractivity contribution in [3.63, 3.8) is 0 Å². The van der Waals surface area contributed by atoms with Gasteiger partial charge in [0.2, 0.25) is 0 Å². The summed E-state index contributed by atoms with van der Waals surface area (Å²) < 4.78 is 24.0. The zero-order valence-electron chi connectivity index (χ0n) is 11.1. The molecule has 0 radical (unpaired) electrons. The van der Waals surface area contributed by atoms with E-state index in [1.54, 1.807) is 19.1 Å². The Bertz CT molecular complexity index is 498. The average Bonchev–Trinajstić information content (AvgIpc) is 2.36. The Kier molecular flexibility index (Phi) is 5.08. The molecular weight excluding hydrogens is 248 g/mol. The second-order valence-electron chi connectivity index (χ2n) is 4.80. The summed E-state index contributed by atoms with van der Waals surface area (Å²) in [5.74, 6) is 0.549. The van der Waals surface area contributed by atoms with Crippen LogP contribution in [0.3, 0.4) is 0 Å². The van der Waals surface area contributed by atoms with Gasteiger partial charge in [0.05, 0.1) is 10.6 Å². The van der Waals surface area contributed by atoms with Gasteiger partial charge in [0, 0.05) is 12.0 Å². The van der Waals surface area contributed by atoms with Crippen LogP contribution in [0.25, 0.3) is 0 Å². The molecule has 4 heteroatoms. The van der Waals surface area contributed by atoms with Gasteiger partial charge in [-0.15, -0.1) is 0 Å². The van der Waals surface area contributed by atoms with E-state index >= 15 is 0 Å². The normalized spacial score (nSPS) is 11.8. The Morgan fingerprint density at radius 1 is 1.17 bits per heavy atom. The van der Waals surface area contributed by atoms with Crippen LogP contribution in [0.2, 0.25) is 0 Å². The molecule has 18 heavy (non-hydrogen) atoms. The first-order valence-corrected chi connectivity index (χ1v) is 7.88. The summed E-state index contributed by atoms with van der Waals surface area (Å²) in [5.41, 5.74) is 0.570. The van der Waals surface area contributed by atoms with Crippen molar-refractivity contribution in [2.75, 3.05) is 5.75 Å². The van der Waals surface area contributed by atoms with Crippen molar-refractivity contribution >= 4 is 15.6 Å². The highest BCUT2D eigenvalue weighted by atomic mass is 32.2. The lowest BCUT2D eigenvalue weighted by Gasteiger charge is -2.07. The van der Waals surface area contributed by atoms with Crippen LogP contribution >= 0.6 is 0 Å². The third-order valence-electron chi connectivity index (χ3n) is 2.82. The number of rotatable bonds is 6. The van der Waals surface area contributed by atoms with Gasteiger partial charge in [0.25, 0.3) is 0 Å². The Hall–Kier alpha value is -1.16. The van der Waals surface area contributed by atoms with Crippen molar-refractivity contribution in [3.05, 3.63) is 29.8 Å². The molecule has 0 unspecified atom stereocenters. The van der Waals surface area contributed by atoms with E-state index in [9.17, 15) is 13.2 Å². The molecule has 1 rings (SSSR count). The van der Waals surface area contributed by atoms with Crippen LogP contribution in [0.1, 0.15) is 44.0 Å². The number of carbonyl (C=O) groups excluding carboxylic acids is 1. The van der Waals surface area contributed by atoms with E-state index in [2.05, 4.69) is 0 Å². The lowest BCUT2D eigenvalue weighted by atomic mass is 10.1. The quantitative estimate of drug-likeness (QED) is 0.745. The minimum absolute atomic E-state index is 0.0288. The number of hydrogen-bond acceptors (Lipinski definition) is 3. The van der Waals surface area contributed by atoms with E-state index in [0.717, 1.165) is 0 Å². The highest BCUT2D eigenvalue weighted by Crippen LogP contribution is 2.16. The molecule has 0 aromatic heterocycles. The Balaban J connectivity index is 2.87. The summed E-state index contributed by atoms with van der Waals surface area (Å²) in [6.45, 7) is 5.78. The van der Waals surface area contributed by atoms with E-state index in [0.29, 0.717) is 29.2 Å². The minimum atomic E-state index is -3.22. The van der Waals surface area contributed by atoms with Crippen molar-refractivity contribution in [2.45, 2.75) is 38.5 Å². The summed E-state index contributed by atoms with van der Waals surface area (Å²) in [5, 5.41) is 0. The predicted molar refractivity (Wildman–Crippen MR) is 72.6 cm³/mol. The van der Waals surface area contributed by atoms with Gasteiger partial charge in [0.1, 0.15) is 0 Å². The SMILES string of the molecule is CCC(=O)c1ccc(S(=O)(=O)CCC(C)C)cc1. The molecule has 3 nitrogen and oxygen atoms in total. The third kappa shape index (κ3) is 3.95. The van der Waals surface area contributed by atoms with Crippen LogP contribution in [0.15, 0.2) is 29.2 Å². The summed E-state index contributed by atoms with van der Waals surface area (Å²) in [6.07, 6.45) is 1.08. The molecule has 0 saturated heterocycles. The standard InChI is InChI=1S/C14H20O3S/c1-4-14(15)12-5-7-13(8-6-12)18(16,17)10-9-11(2)3/h5-8,11H,4,9-10H2,1-3H3. The predicted octanol–water partition coefficient (Wildman–Crippen LogP) is 3.10. The summed E-state index contributed by atoms with van der Waals surface area (Å²) in [6, 6.07) is 6.24. The smallest absolute Gasteiger partial charge is 0.178 e. The fourth-order valence-corrected chi connectivity index (χ4v) is 3.13. The number of hydrogen-bond donors (Lipinski definition) is 0. The molecule has 0 spiro atoms. The molecule has 0 amide bonds. The van der Waals surface area contributed by atoms with Crippen LogP contribution in [-0.4, -0.2) is 20.0 Å². The summed E-state index contributed by atoms with van der Waals surface area (Å²) in [7, 11) is -3.22. The van der Waals surface area contributed by atoms with E-state index in [1.807, 2.05) is 13.8 Å². The van der Waals surface area contributed by atoms with Crippen LogP contribution in [0, 0.1) is 5.92 Å². The molecule has 0 bridgehead atoms. The van der Waals surface area contributed by atoms with Gasteiger partial charge in [-0.25, -0.2) is 8.42 Å². The lowest BCUT2D eigenvalue weighted by molar-refractivity contribution is 0.0988. The summed E-state index contributed by atoms with van der Waals surface area (Å²) >= 11 is 0. The van der Waals surface area contributed by atoms with Crippen LogP contribution in [0.5, 0.6) is 0 Å². The number of carbonyl (C=O) groups is 1. The number of sulfone groups is 1. The van der Waals surface area contributed by atoms with Gasteiger partial charge in [-0.05, 0) is 24.5 Å². The van der Waals surface area contributed by atoms with Crippen LogP contribution < -0.4 is 0 Å². The van der Waals surface area contributed by atoms with Gasteiger partial charge in [-0.3, -0.25) is 4.79 Å². The van der Waals surface area contributed by atoms with Crippen molar-refractivity contribution in [1.82, 2.24) is 0 Å². The topological polar surface area (TPSA) is 51.2 Å². The Morgan fingerprint density at radius 3 is 2.17 bits per heavy atom. The fourth-order valence-electron chi connectivity index (χ4n) is 1.56. The van der Waals surface area contributed by atoms with Gasteiger partial charge < -0.3 is 0 Å². The average molecular weight is 268 g/mol. The van der Waals surface area contributed by atoms with Gasteiger partial charge in [0.15, 0.2) is 15.6 Å². The molecule has 100 valence electrons. The molecule has 0 fully saturated rings. The third-order valence-corrected chi connectivity index (χ3v) is 4.58. The largest absolute Gasteiger partial charge is 0.294 e. The first kappa shape index (κ1) is 14.9. The van der Waals surface area contributed by atoms with Crippen molar-refractivity contribution in [2.24, 2.45) is 5.92 Å². The minimum Gasteiger partial charge on any atom is -0.294 e. The molecule has 1 aromatic rings. The van der Waals surface area contributed by atoms with E-state index in [1.165, 1.54) is 12.1 Å². The monoisotopic (exact) mass is 268 g/mol. The zero-order chi connectivity index (χ0) is 13.8. The molecule has 0 aliphatic rings. The van der Waals surface area contributed by atoms with Gasteiger partial charge >= 0.3 is 0 Å². The maximum absolute atomic E-state index is 12.0. The van der Waals surface area contributed by atoms with Gasteiger partial charge in [-0.1, -0.05) is 32.9 Å². The summed E-state index contributed by atoms with van der Waals surface area (Å²) in [4.78, 5) is 11.7. The first-order chi connectivity index (χ1) is 8.36. The molecule has 1 aromatic carbocycles. The van der Waals surface area contributed by atoms with Crippen LogP contribution in [0.4, 0.5) is 0 Å². The fraction of sp³-hybridized carbons (Fsp3) is 0.500. The molecule has 0 aliphatic carbocycles. The van der Waals surface area contributed by atoms with E-state index in [-0.39, 0.29) is 11.5 Å². The van der Waals surface area contributed by atoms with E-state index < -0.39 is 9.84 Å². The lowest BCUT2D eigenvalue weighted by Crippen LogP contribution is -2.09. The zero-order valence-corrected chi connectivity index (χ0v) is 12.0. The van der Waals surface area contributed by atoms with E-state index in [4.69, 9.17) is 0 Å². The molecule has 0 heterocycles. The first-order valence-electron chi connectivity index (χ1n) is 6.23. The number of benzene rings is 1. The molecule has 0 N–H and O–H groups in total. The number of Topliss-reactive ketones (excluding diaryl/α,β-unsaturated/α-hetero) is 1. The second-order valence-corrected chi connectivity index (χ2v) is 6.91. The maximum atomic E-state index is 12.0. The Morgan fingerprint density at radius 2 is 1.72 bits per heavy atom. The number of ketones is 1. The van der Waals surface area contributed by atoms with Crippen LogP contribution in [-0.2, 0) is 9.84 Å². The Labute approximate surface area is 109 Å². The maximum Gasteiger partial charge on any atom is 0.178 e. The van der Waals surface area contributed by atoms with Crippen molar-refractivity contribution in [1.29, 1.82) is 0 Å². The van der Waals surface area contributed by atoms with Crippen molar-refractivity contribution in [3.8, 4) is 0 Å². The molecule has 0 aliphatic heterocycles. The van der Waals surface area contributed by atoms with Gasteiger partial charge in [-0.2, -0.15) is 0 Å². The highest BCUT2D eigenvalue weighted by Gasteiger charge is 2.15. The second kappa shape index (κ2) is 6.14. The molecular formula is C14H20O3S. The van der Waals surface area contributed by atoms with Crippen molar-refractivity contribution < 1.29 is 13.2 Å².